The van der Waals surface area contributed by atoms with E-state index in [-0.39, 0.29) is 0 Å². The average Bonchev–Trinajstić information content (AvgIpc) is 3.92. The molecule has 4 heteroatoms. The minimum Gasteiger partial charge on any atom is -0.456 e. The summed E-state index contributed by atoms with van der Waals surface area (Å²) in [6.07, 6.45) is 2.34. The summed E-state index contributed by atoms with van der Waals surface area (Å²) in [5.41, 5.74) is 11.5. The molecule has 0 saturated heterocycles. The first-order valence-electron chi connectivity index (χ1n) is 18.2. The molecule has 3 nitrogen and oxygen atoms in total. The van der Waals surface area contributed by atoms with Gasteiger partial charge in [-0.25, -0.2) is 0 Å². The number of fused-ring (bicyclic) bond motifs is 9. The molecule has 0 aliphatic heterocycles. The number of para-hydroxylation sites is 4. The van der Waals surface area contributed by atoms with Gasteiger partial charge in [0, 0.05) is 53.1 Å². The van der Waals surface area contributed by atoms with Gasteiger partial charge in [-0.3, -0.25) is 0 Å². The van der Waals surface area contributed by atoms with Crippen LogP contribution in [0.4, 0.5) is 17.1 Å². The number of rotatable bonds is 6. The lowest BCUT2D eigenvalue weighted by atomic mass is 9.93. The number of hydrogen-bond donors (Lipinski definition) is 0. The molecule has 254 valence electrons. The number of hydrogen-bond acceptors (Lipinski definition) is 4. The van der Waals surface area contributed by atoms with Crippen LogP contribution in [0.25, 0.3) is 75.7 Å². The Labute approximate surface area is 315 Å². The molecule has 0 N–H and O–H groups in total. The Bertz CT molecular complexity index is 3070. The van der Waals surface area contributed by atoms with Crippen molar-refractivity contribution < 1.29 is 8.83 Å². The molecular formula is C50H31NO2S. The molecule has 0 unspecified atom stereocenters. The third kappa shape index (κ3) is 5.03. The fourth-order valence-electron chi connectivity index (χ4n) is 7.97. The summed E-state index contributed by atoms with van der Waals surface area (Å²) in [5.74, 6) is 0. The van der Waals surface area contributed by atoms with E-state index in [0.29, 0.717) is 0 Å². The summed E-state index contributed by atoms with van der Waals surface area (Å²) < 4.78 is 15.0. The topological polar surface area (TPSA) is 29.5 Å². The highest BCUT2D eigenvalue weighted by atomic mass is 32.1. The molecule has 11 aromatic rings. The largest absolute Gasteiger partial charge is 0.456 e. The maximum atomic E-state index is 6.25. The van der Waals surface area contributed by atoms with Gasteiger partial charge in [0.2, 0.25) is 0 Å². The number of anilines is 3. The number of thiophene rings is 1. The Morgan fingerprint density at radius 3 is 1.59 bits per heavy atom. The van der Waals surface area contributed by atoms with Crippen molar-refractivity contribution in [1.82, 2.24) is 0 Å². The van der Waals surface area contributed by atoms with E-state index < -0.39 is 0 Å². The van der Waals surface area contributed by atoms with Crippen LogP contribution in [0.1, 0.15) is 16.7 Å². The third-order valence-corrected chi connectivity index (χ3v) is 11.6. The van der Waals surface area contributed by atoms with Gasteiger partial charge in [0.15, 0.2) is 0 Å². The monoisotopic (exact) mass is 709 g/mol. The molecule has 0 bridgehead atoms. The fourth-order valence-corrected chi connectivity index (χ4v) is 9.08. The molecule has 8 aromatic carbocycles. The highest BCUT2D eigenvalue weighted by molar-refractivity contribution is 7.26. The van der Waals surface area contributed by atoms with Gasteiger partial charge in [0.25, 0.3) is 0 Å². The predicted octanol–water partition coefficient (Wildman–Crippen LogP) is 14.9. The van der Waals surface area contributed by atoms with E-state index in [1.54, 1.807) is 0 Å². The van der Waals surface area contributed by atoms with E-state index in [9.17, 15) is 0 Å². The van der Waals surface area contributed by atoms with Crippen LogP contribution < -0.4 is 4.90 Å². The minimum atomic E-state index is 0.885. The SMILES string of the molecule is C(=C(c1ccc2oc3ccccc3c2c1)c1ccc2oc3ccccc3c2c1)c1ccc2sc3cccc(N(c4ccccc4)c4ccccc4)c3c2c1. The number of furan rings is 2. The maximum absolute atomic E-state index is 6.25. The third-order valence-electron chi connectivity index (χ3n) is 10.5. The van der Waals surface area contributed by atoms with Crippen LogP contribution in [-0.2, 0) is 0 Å². The summed E-state index contributed by atoms with van der Waals surface area (Å²) in [7, 11) is 0. The molecule has 0 saturated carbocycles. The quantitative estimate of drug-likeness (QED) is 0.161. The van der Waals surface area contributed by atoms with E-state index in [1.165, 1.54) is 20.2 Å². The zero-order chi connectivity index (χ0) is 35.6. The summed E-state index contributed by atoms with van der Waals surface area (Å²) in [6.45, 7) is 0. The van der Waals surface area contributed by atoms with Crippen LogP contribution in [0.3, 0.4) is 0 Å². The Hall–Kier alpha value is -6.88. The lowest BCUT2D eigenvalue weighted by molar-refractivity contribution is 0.668. The first kappa shape index (κ1) is 30.7. The van der Waals surface area contributed by atoms with E-state index in [1.807, 2.05) is 35.6 Å². The highest BCUT2D eigenvalue weighted by Crippen LogP contribution is 2.45. The number of nitrogens with zero attached hydrogens (tertiary/aromatic N) is 1. The van der Waals surface area contributed by atoms with Crippen LogP contribution >= 0.6 is 11.3 Å². The standard InChI is InChI=1S/C50H31NO2S/c1-3-12-35(13-4-1)51(36-14-5-2-6-15-36)43-18-11-21-49-50(43)42-29-32(22-27-48(42)54-49)28-39(33-23-25-46-40(30-33)37-16-7-9-19-44(37)52-46)34-24-26-47-41(31-34)38-17-8-10-20-45(38)53-47/h1-31H. The van der Waals surface area contributed by atoms with E-state index in [2.05, 4.69) is 169 Å². The lowest BCUT2D eigenvalue weighted by Crippen LogP contribution is -2.09. The molecule has 0 aliphatic rings. The van der Waals surface area contributed by atoms with Crippen LogP contribution in [0.2, 0.25) is 0 Å². The molecule has 0 amide bonds. The van der Waals surface area contributed by atoms with Crippen molar-refractivity contribution in [1.29, 1.82) is 0 Å². The molecule has 3 aromatic heterocycles. The van der Waals surface area contributed by atoms with Gasteiger partial charge in [-0.1, -0.05) is 97.1 Å². The van der Waals surface area contributed by atoms with Gasteiger partial charge in [0.05, 0.1) is 5.69 Å². The second kappa shape index (κ2) is 12.4. The smallest absolute Gasteiger partial charge is 0.135 e. The molecule has 54 heavy (non-hydrogen) atoms. The molecule has 0 spiro atoms. The van der Waals surface area contributed by atoms with Gasteiger partial charge in [-0.2, -0.15) is 0 Å². The van der Waals surface area contributed by atoms with Crippen molar-refractivity contribution in [2.45, 2.75) is 0 Å². The van der Waals surface area contributed by atoms with Crippen molar-refractivity contribution in [2.24, 2.45) is 0 Å². The number of benzene rings is 8. The van der Waals surface area contributed by atoms with Crippen LogP contribution in [0.5, 0.6) is 0 Å². The van der Waals surface area contributed by atoms with Crippen molar-refractivity contribution in [3.8, 4) is 0 Å². The molecule has 0 aliphatic carbocycles. The Balaban J connectivity index is 1.14. The average molecular weight is 710 g/mol. The summed E-state index contributed by atoms with van der Waals surface area (Å²) >= 11 is 1.84. The maximum Gasteiger partial charge on any atom is 0.135 e. The lowest BCUT2D eigenvalue weighted by Gasteiger charge is -2.26. The summed E-state index contributed by atoms with van der Waals surface area (Å²) in [4.78, 5) is 2.37. The Kier molecular flexibility index (Phi) is 7.04. The minimum absolute atomic E-state index is 0.885. The normalized spacial score (nSPS) is 11.7. The van der Waals surface area contributed by atoms with Gasteiger partial charge in [-0.15, -0.1) is 11.3 Å². The van der Waals surface area contributed by atoms with Gasteiger partial charge in [0.1, 0.15) is 22.3 Å². The van der Waals surface area contributed by atoms with E-state index in [4.69, 9.17) is 8.83 Å². The van der Waals surface area contributed by atoms with E-state index >= 15 is 0 Å². The van der Waals surface area contributed by atoms with Crippen molar-refractivity contribution >= 4 is 104 Å². The molecular weight excluding hydrogens is 679 g/mol. The molecule has 0 atom stereocenters. The van der Waals surface area contributed by atoms with Gasteiger partial charge < -0.3 is 13.7 Å². The molecule has 11 rings (SSSR count). The van der Waals surface area contributed by atoms with Crippen LogP contribution in [0, 0.1) is 0 Å². The second-order valence-corrected chi connectivity index (χ2v) is 14.8. The summed E-state index contributed by atoms with van der Waals surface area (Å²) in [6, 6.07) is 64.5. The molecule has 0 radical (unpaired) electrons. The van der Waals surface area contributed by atoms with Crippen molar-refractivity contribution in [3.05, 3.63) is 199 Å². The first-order chi connectivity index (χ1) is 26.7. The van der Waals surface area contributed by atoms with Gasteiger partial charge in [-0.05, 0) is 113 Å². The zero-order valence-electron chi connectivity index (χ0n) is 29.1. The molecule has 0 fully saturated rings. The Morgan fingerprint density at radius 2 is 0.981 bits per heavy atom. The van der Waals surface area contributed by atoms with Crippen LogP contribution in [-0.4, -0.2) is 0 Å². The Morgan fingerprint density at radius 1 is 0.426 bits per heavy atom. The second-order valence-electron chi connectivity index (χ2n) is 13.7. The molecule has 3 heterocycles. The van der Waals surface area contributed by atoms with Crippen molar-refractivity contribution in [2.75, 3.05) is 4.90 Å². The summed E-state index contributed by atoms with van der Waals surface area (Å²) in [5, 5.41) is 6.93. The van der Waals surface area contributed by atoms with E-state index in [0.717, 1.165) is 83.2 Å². The highest BCUT2D eigenvalue weighted by Gasteiger charge is 2.19. The van der Waals surface area contributed by atoms with Gasteiger partial charge >= 0.3 is 0 Å². The predicted molar refractivity (Wildman–Crippen MR) is 228 cm³/mol. The van der Waals surface area contributed by atoms with Crippen LogP contribution in [0.15, 0.2) is 191 Å². The fraction of sp³-hybridized carbons (Fsp3) is 0. The zero-order valence-corrected chi connectivity index (χ0v) is 29.9. The first-order valence-corrected chi connectivity index (χ1v) is 19.0. The van der Waals surface area contributed by atoms with Crippen molar-refractivity contribution in [3.63, 3.8) is 0 Å².